The van der Waals surface area contributed by atoms with Crippen molar-refractivity contribution >= 4 is 21.9 Å². The molecule has 2 atom stereocenters. The molecule has 0 spiro atoms. The van der Waals surface area contributed by atoms with Gasteiger partial charge in [0.2, 0.25) is 10.0 Å². The lowest BCUT2D eigenvalue weighted by molar-refractivity contribution is -0.157. The highest BCUT2D eigenvalue weighted by Gasteiger charge is 2.41. The minimum atomic E-state index is -3.97. The number of sulfonamides is 1. The molecule has 1 saturated heterocycles. The number of fused-ring (bicyclic) bond motifs is 1. The molecule has 0 aromatic heterocycles. The largest absolute Gasteiger partial charge is 0.486 e. The number of ether oxygens (including phenoxy) is 3. The van der Waals surface area contributed by atoms with Gasteiger partial charge in [0, 0.05) is 19.2 Å². The average Bonchev–Trinajstić information content (AvgIpc) is 3.34. The molecule has 0 aliphatic carbocycles. The first kappa shape index (κ1) is 23.1. The van der Waals surface area contributed by atoms with Crippen molar-refractivity contribution in [2.24, 2.45) is 0 Å². The Kier molecular flexibility index (Phi) is 6.85. The maximum Gasteiger partial charge on any atom is 0.325 e. The van der Waals surface area contributed by atoms with Gasteiger partial charge >= 0.3 is 5.97 Å². The molecule has 0 saturated carbocycles. The summed E-state index contributed by atoms with van der Waals surface area (Å²) in [6.07, 6.45) is -0.223. The Morgan fingerprint density at radius 1 is 1.12 bits per heavy atom. The lowest BCUT2D eigenvalue weighted by Crippen LogP contribution is -2.44. The van der Waals surface area contributed by atoms with Crippen LogP contribution in [0.15, 0.2) is 53.4 Å². The monoisotopic (exact) mass is 474 g/mol. The second kappa shape index (κ2) is 9.80. The molecule has 4 rings (SSSR count). The number of rotatable bonds is 7. The van der Waals surface area contributed by atoms with E-state index in [0.717, 1.165) is 9.87 Å². The van der Waals surface area contributed by atoms with Gasteiger partial charge in [0.05, 0.1) is 4.90 Å². The van der Waals surface area contributed by atoms with Gasteiger partial charge in [-0.1, -0.05) is 30.3 Å². The molecule has 176 valence electrons. The molecule has 10 heteroatoms. The normalized spacial score (nSPS) is 19.0. The van der Waals surface area contributed by atoms with E-state index in [0.29, 0.717) is 44.1 Å². The summed E-state index contributed by atoms with van der Waals surface area (Å²) in [6, 6.07) is 12.7. The molecule has 1 amide bonds. The number of esters is 1. The topological polar surface area (TPSA) is 111 Å². The van der Waals surface area contributed by atoms with Crippen molar-refractivity contribution in [1.29, 1.82) is 0 Å². The van der Waals surface area contributed by atoms with Gasteiger partial charge in [-0.15, -0.1) is 0 Å². The average molecular weight is 475 g/mol. The summed E-state index contributed by atoms with van der Waals surface area (Å²) >= 11 is 0. The molecule has 2 heterocycles. The second-order valence-corrected chi connectivity index (χ2v) is 9.75. The third kappa shape index (κ3) is 5.12. The van der Waals surface area contributed by atoms with Gasteiger partial charge in [0.15, 0.2) is 17.6 Å². The van der Waals surface area contributed by atoms with Crippen LogP contribution in [0.1, 0.15) is 25.3 Å². The van der Waals surface area contributed by atoms with Crippen molar-refractivity contribution in [3.05, 3.63) is 54.1 Å². The zero-order valence-corrected chi connectivity index (χ0v) is 19.0. The lowest BCUT2D eigenvalue weighted by atomic mass is 10.2. The summed E-state index contributed by atoms with van der Waals surface area (Å²) in [6.45, 7) is 2.68. The lowest BCUT2D eigenvalue weighted by Gasteiger charge is -2.25. The minimum Gasteiger partial charge on any atom is -0.486 e. The van der Waals surface area contributed by atoms with Crippen LogP contribution in [0, 0.1) is 0 Å². The Balaban J connectivity index is 1.40. The molecular weight excluding hydrogens is 448 g/mol. The minimum absolute atomic E-state index is 0.0140. The van der Waals surface area contributed by atoms with Crippen LogP contribution in [0.25, 0.3) is 0 Å². The Labute approximate surface area is 192 Å². The summed E-state index contributed by atoms with van der Waals surface area (Å²) in [5, 5.41) is 2.72. The first-order valence-corrected chi connectivity index (χ1v) is 12.2. The maximum absolute atomic E-state index is 13.3. The molecule has 2 aromatic carbocycles. The molecule has 0 bridgehead atoms. The standard InChI is InChI=1S/C23H26N2O7S/c1-16(22(26)24-15-17-6-3-2-4-7-17)32-23(27)19-8-5-11-25(19)33(28,29)18-9-10-20-21(14-18)31-13-12-30-20/h2-4,6-7,9-10,14,16,19H,5,8,11-13,15H2,1H3,(H,24,26)/t16-,19-/m1/s1. The number of nitrogens with zero attached hydrogens (tertiary/aromatic N) is 1. The molecule has 2 aliphatic heterocycles. The Morgan fingerprint density at radius 2 is 1.85 bits per heavy atom. The van der Waals surface area contributed by atoms with Crippen molar-refractivity contribution in [2.45, 2.75) is 43.4 Å². The van der Waals surface area contributed by atoms with Gasteiger partial charge < -0.3 is 19.5 Å². The summed E-state index contributed by atoms with van der Waals surface area (Å²) in [5.74, 6) is -0.361. The van der Waals surface area contributed by atoms with Gasteiger partial charge in [0.25, 0.3) is 5.91 Å². The van der Waals surface area contributed by atoms with E-state index in [1.54, 1.807) is 6.07 Å². The number of hydrogen-bond donors (Lipinski definition) is 1. The van der Waals surface area contributed by atoms with Gasteiger partial charge in [-0.3, -0.25) is 9.59 Å². The van der Waals surface area contributed by atoms with Crippen LogP contribution in [0.3, 0.4) is 0 Å². The van der Waals surface area contributed by atoms with Crippen LogP contribution in [-0.4, -0.2) is 56.5 Å². The number of carbonyl (C=O) groups is 2. The van der Waals surface area contributed by atoms with Crippen LogP contribution in [-0.2, 0) is 30.9 Å². The highest BCUT2D eigenvalue weighted by molar-refractivity contribution is 7.89. The van der Waals surface area contributed by atoms with Crippen LogP contribution in [0.5, 0.6) is 11.5 Å². The van der Waals surface area contributed by atoms with Crippen molar-refractivity contribution < 1.29 is 32.2 Å². The van der Waals surface area contributed by atoms with E-state index in [4.69, 9.17) is 14.2 Å². The zero-order valence-electron chi connectivity index (χ0n) is 18.2. The molecule has 2 aromatic rings. The van der Waals surface area contributed by atoms with Crippen molar-refractivity contribution in [3.8, 4) is 11.5 Å². The third-order valence-electron chi connectivity index (χ3n) is 5.57. The van der Waals surface area contributed by atoms with Gasteiger partial charge in [-0.2, -0.15) is 4.31 Å². The Hall–Kier alpha value is -3.11. The number of benzene rings is 2. The van der Waals surface area contributed by atoms with Crippen molar-refractivity contribution in [2.75, 3.05) is 19.8 Å². The molecule has 9 nitrogen and oxygen atoms in total. The SMILES string of the molecule is C[C@@H](OC(=O)[C@H]1CCCN1S(=O)(=O)c1ccc2c(c1)OCCO2)C(=O)NCc1ccccc1. The summed E-state index contributed by atoms with van der Waals surface area (Å²) < 4.78 is 43.9. The van der Waals surface area contributed by atoms with Crippen LogP contribution < -0.4 is 14.8 Å². The van der Waals surface area contributed by atoms with E-state index in [2.05, 4.69) is 5.32 Å². The van der Waals surface area contributed by atoms with Gasteiger partial charge in [-0.05, 0) is 37.5 Å². The highest BCUT2D eigenvalue weighted by atomic mass is 32.2. The quantitative estimate of drug-likeness (QED) is 0.610. The maximum atomic E-state index is 13.3. The van der Waals surface area contributed by atoms with Gasteiger partial charge in [0.1, 0.15) is 19.3 Å². The predicted octanol–water partition coefficient (Wildman–Crippen LogP) is 1.86. The Bertz CT molecular complexity index is 1120. The molecule has 1 N–H and O–H groups in total. The fourth-order valence-electron chi connectivity index (χ4n) is 3.82. The van der Waals surface area contributed by atoms with E-state index in [-0.39, 0.29) is 11.4 Å². The molecule has 1 fully saturated rings. The number of hydrogen-bond acceptors (Lipinski definition) is 7. The van der Waals surface area contributed by atoms with Crippen molar-refractivity contribution in [3.63, 3.8) is 0 Å². The number of carbonyl (C=O) groups excluding carboxylic acids is 2. The molecule has 2 aliphatic rings. The van der Waals surface area contributed by atoms with E-state index >= 15 is 0 Å². The van der Waals surface area contributed by atoms with Crippen LogP contribution in [0.4, 0.5) is 0 Å². The van der Waals surface area contributed by atoms with Crippen molar-refractivity contribution in [1.82, 2.24) is 9.62 Å². The predicted molar refractivity (Wildman–Crippen MR) is 118 cm³/mol. The second-order valence-electron chi connectivity index (χ2n) is 7.86. The number of amides is 1. The number of nitrogens with one attached hydrogen (secondary N) is 1. The van der Waals surface area contributed by atoms with E-state index < -0.39 is 34.0 Å². The third-order valence-corrected chi connectivity index (χ3v) is 7.47. The first-order valence-electron chi connectivity index (χ1n) is 10.8. The fourth-order valence-corrected chi connectivity index (χ4v) is 5.48. The summed E-state index contributed by atoms with van der Waals surface area (Å²) in [7, 11) is -3.97. The molecular formula is C23H26N2O7S. The Morgan fingerprint density at radius 3 is 2.61 bits per heavy atom. The fraction of sp³-hybridized carbons (Fsp3) is 0.391. The van der Waals surface area contributed by atoms with E-state index in [9.17, 15) is 18.0 Å². The van der Waals surface area contributed by atoms with Crippen LogP contribution >= 0.6 is 0 Å². The van der Waals surface area contributed by atoms with E-state index in [1.807, 2.05) is 30.3 Å². The van der Waals surface area contributed by atoms with E-state index in [1.165, 1.54) is 19.1 Å². The smallest absolute Gasteiger partial charge is 0.325 e. The van der Waals surface area contributed by atoms with Gasteiger partial charge in [-0.25, -0.2) is 8.42 Å². The zero-order chi connectivity index (χ0) is 23.4. The summed E-state index contributed by atoms with van der Waals surface area (Å²) in [5.41, 5.74) is 0.914. The molecule has 0 radical (unpaired) electrons. The molecule has 33 heavy (non-hydrogen) atoms. The highest BCUT2D eigenvalue weighted by Crippen LogP contribution is 2.35. The molecule has 0 unspecified atom stereocenters. The first-order chi connectivity index (χ1) is 15.9. The summed E-state index contributed by atoms with van der Waals surface area (Å²) in [4.78, 5) is 25.2. The van der Waals surface area contributed by atoms with Crippen LogP contribution in [0.2, 0.25) is 0 Å².